The third kappa shape index (κ3) is 4.30. The summed E-state index contributed by atoms with van der Waals surface area (Å²) in [5, 5.41) is 4.69. The topological polar surface area (TPSA) is 74.0 Å². The van der Waals surface area contributed by atoms with Crippen molar-refractivity contribution in [2.45, 2.75) is 19.6 Å². The number of nitrogens with one attached hydrogen (secondary N) is 1. The third-order valence-electron chi connectivity index (χ3n) is 5.42. The van der Waals surface area contributed by atoms with E-state index in [0.717, 1.165) is 30.7 Å². The smallest absolute Gasteiger partial charge is 0.258 e. The minimum Gasteiger partial charge on any atom is -0.485 e. The van der Waals surface area contributed by atoms with Crippen molar-refractivity contribution in [3.05, 3.63) is 82.4 Å². The highest BCUT2D eigenvalue weighted by atomic mass is 35.5. The van der Waals surface area contributed by atoms with Crippen LogP contribution in [0.25, 0.3) is 16.6 Å². The molecule has 1 N–H and O–H groups in total. The summed E-state index contributed by atoms with van der Waals surface area (Å²) in [5.41, 5.74) is 4.57. The second kappa shape index (κ2) is 9.51. The van der Waals surface area contributed by atoms with Crippen molar-refractivity contribution in [2.24, 2.45) is 7.05 Å². The Morgan fingerprint density at radius 2 is 1.94 bits per heavy atom. The second-order valence-corrected chi connectivity index (χ2v) is 7.14. The fourth-order valence-corrected chi connectivity index (χ4v) is 3.96. The van der Waals surface area contributed by atoms with Gasteiger partial charge in [0, 0.05) is 62.3 Å². The molecule has 4 heterocycles. The number of halogens is 2. The lowest BCUT2D eigenvalue weighted by Gasteiger charge is -2.14. The van der Waals surface area contributed by atoms with Crippen LogP contribution in [0.4, 0.5) is 0 Å². The van der Waals surface area contributed by atoms with E-state index in [1.165, 1.54) is 22.7 Å². The summed E-state index contributed by atoms with van der Waals surface area (Å²) in [6, 6.07) is 11.2. The maximum atomic E-state index is 12.7. The molecule has 0 atom stereocenters. The number of fused-ring (bicyclic) bond motifs is 3. The zero-order valence-corrected chi connectivity index (χ0v) is 18.6. The average Bonchev–Trinajstić information content (AvgIpc) is 3.05. The van der Waals surface area contributed by atoms with E-state index in [0.29, 0.717) is 11.6 Å². The number of aryl methyl sites for hydroxylation is 1. The standard InChI is InChI=1S/C22H21N5O2.2ClH/c1-26-19-5-9-23-13-18(19)17-4-3-15(11-20(17)26)27-10-6-16(12-22(27)28)29-14-21-24-7-2-8-25-21;;/h2-4,6-8,10-12,23H,5,9,13-14H2,1H3;2*1H. The molecule has 0 bridgehead atoms. The van der Waals surface area contributed by atoms with Crippen LogP contribution in [0, 0.1) is 0 Å². The maximum absolute atomic E-state index is 12.7. The summed E-state index contributed by atoms with van der Waals surface area (Å²) in [6.45, 7) is 2.11. The van der Waals surface area contributed by atoms with Crippen LogP contribution in [0.5, 0.6) is 5.75 Å². The monoisotopic (exact) mass is 459 g/mol. The molecule has 0 amide bonds. The molecule has 5 rings (SSSR count). The first-order chi connectivity index (χ1) is 14.2. The van der Waals surface area contributed by atoms with Gasteiger partial charge in [-0.05, 0) is 29.8 Å². The first-order valence-corrected chi connectivity index (χ1v) is 9.63. The molecule has 31 heavy (non-hydrogen) atoms. The summed E-state index contributed by atoms with van der Waals surface area (Å²) in [7, 11) is 2.10. The normalized spacial score (nSPS) is 12.5. The molecule has 4 aromatic rings. The number of hydrogen-bond donors (Lipinski definition) is 1. The van der Waals surface area contributed by atoms with Gasteiger partial charge in [-0.1, -0.05) is 6.07 Å². The Morgan fingerprint density at radius 1 is 1.13 bits per heavy atom. The van der Waals surface area contributed by atoms with E-state index in [4.69, 9.17) is 4.74 Å². The number of pyridine rings is 1. The van der Waals surface area contributed by atoms with E-state index in [2.05, 4.69) is 39.0 Å². The first-order valence-electron chi connectivity index (χ1n) is 9.63. The number of nitrogens with zero attached hydrogens (tertiary/aromatic N) is 4. The van der Waals surface area contributed by atoms with Crippen LogP contribution in [0.3, 0.4) is 0 Å². The summed E-state index contributed by atoms with van der Waals surface area (Å²) >= 11 is 0. The van der Waals surface area contributed by atoms with Crippen LogP contribution < -0.4 is 15.6 Å². The fourth-order valence-electron chi connectivity index (χ4n) is 3.96. The SMILES string of the molecule is Cl.Cl.Cn1c2c(c3ccc(-n4ccc(OCc5ncccn5)cc4=O)cc31)CNCC2. The van der Waals surface area contributed by atoms with Gasteiger partial charge >= 0.3 is 0 Å². The summed E-state index contributed by atoms with van der Waals surface area (Å²) in [6.07, 6.45) is 6.09. The summed E-state index contributed by atoms with van der Waals surface area (Å²) in [4.78, 5) is 20.9. The van der Waals surface area contributed by atoms with Crippen molar-refractivity contribution in [1.29, 1.82) is 0 Å². The van der Waals surface area contributed by atoms with Gasteiger partial charge in [-0.3, -0.25) is 9.36 Å². The predicted molar refractivity (Wildman–Crippen MR) is 125 cm³/mol. The minimum atomic E-state index is -0.142. The number of hydrogen-bond acceptors (Lipinski definition) is 5. The van der Waals surface area contributed by atoms with Gasteiger partial charge < -0.3 is 14.6 Å². The van der Waals surface area contributed by atoms with Crippen LogP contribution in [0.1, 0.15) is 17.1 Å². The van der Waals surface area contributed by atoms with Crippen LogP contribution in [0.2, 0.25) is 0 Å². The highest BCUT2D eigenvalue weighted by Gasteiger charge is 2.18. The first kappa shape index (κ1) is 22.8. The predicted octanol–water partition coefficient (Wildman–Crippen LogP) is 3.19. The lowest BCUT2D eigenvalue weighted by Crippen LogP contribution is -2.24. The van der Waals surface area contributed by atoms with Crippen LogP contribution in [0.15, 0.2) is 59.8 Å². The molecule has 0 aliphatic carbocycles. The average molecular weight is 460 g/mol. The quantitative estimate of drug-likeness (QED) is 0.507. The van der Waals surface area contributed by atoms with Crippen molar-refractivity contribution in [2.75, 3.05) is 6.54 Å². The number of ether oxygens (including phenoxy) is 1. The van der Waals surface area contributed by atoms with E-state index < -0.39 is 0 Å². The van der Waals surface area contributed by atoms with E-state index in [9.17, 15) is 4.79 Å². The van der Waals surface area contributed by atoms with Crippen molar-refractivity contribution in [1.82, 2.24) is 24.4 Å². The van der Waals surface area contributed by atoms with E-state index >= 15 is 0 Å². The Morgan fingerprint density at radius 3 is 2.71 bits per heavy atom. The largest absolute Gasteiger partial charge is 0.485 e. The molecule has 1 aliphatic rings. The van der Waals surface area contributed by atoms with Crippen LogP contribution in [-0.4, -0.2) is 25.6 Å². The molecular weight excluding hydrogens is 437 g/mol. The van der Waals surface area contributed by atoms with Crippen molar-refractivity contribution < 1.29 is 4.74 Å². The molecule has 7 nitrogen and oxygen atoms in total. The van der Waals surface area contributed by atoms with Gasteiger partial charge in [0.2, 0.25) is 0 Å². The molecular formula is C22H23Cl2N5O2. The number of benzene rings is 1. The molecule has 0 saturated carbocycles. The van der Waals surface area contributed by atoms with Gasteiger partial charge in [-0.15, -0.1) is 24.8 Å². The Balaban J connectivity index is 0.00000136. The summed E-state index contributed by atoms with van der Waals surface area (Å²) in [5.74, 6) is 1.07. The van der Waals surface area contributed by atoms with Gasteiger partial charge in [0.15, 0.2) is 5.82 Å². The maximum Gasteiger partial charge on any atom is 0.258 e. The number of rotatable bonds is 4. The van der Waals surface area contributed by atoms with Crippen molar-refractivity contribution in [3.63, 3.8) is 0 Å². The van der Waals surface area contributed by atoms with Gasteiger partial charge in [0.1, 0.15) is 12.4 Å². The zero-order valence-electron chi connectivity index (χ0n) is 16.9. The lowest BCUT2D eigenvalue weighted by molar-refractivity contribution is 0.295. The van der Waals surface area contributed by atoms with E-state index in [-0.39, 0.29) is 37.0 Å². The Bertz CT molecular complexity index is 1250. The highest BCUT2D eigenvalue weighted by Crippen LogP contribution is 2.29. The summed E-state index contributed by atoms with van der Waals surface area (Å²) < 4.78 is 9.54. The molecule has 1 aromatic carbocycles. The fraction of sp³-hybridized carbons (Fsp3) is 0.227. The third-order valence-corrected chi connectivity index (χ3v) is 5.42. The molecule has 1 aliphatic heterocycles. The van der Waals surface area contributed by atoms with Crippen molar-refractivity contribution in [3.8, 4) is 11.4 Å². The highest BCUT2D eigenvalue weighted by molar-refractivity contribution is 5.87. The van der Waals surface area contributed by atoms with Gasteiger partial charge in [0.05, 0.1) is 11.2 Å². The zero-order chi connectivity index (χ0) is 19.8. The Labute approximate surface area is 191 Å². The van der Waals surface area contributed by atoms with Crippen molar-refractivity contribution >= 4 is 35.7 Å². The van der Waals surface area contributed by atoms with Crippen LogP contribution >= 0.6 is 24.8 Å². The molecule has 9 heteroatoms. The minimum absolute atomic E-state index is 0. The molecule has 0 fully saturated rings. The van der Waals surface area contributed by atoms with Gasteiger partial charge in [-0.2, -0.15) is 0 Å². The van der Waals surface area contributed by atoms with Gasteiger partial charge in [-0.25, -0.2) is 9.97 Å². The van der Waals surface area contributed by atoms with Gasteiger partial charge in [0.25, 0.3) is 5.56 Å². The lowest BCUT2D eigenvalue weighted by atomic mass is 10.1. The van der Waals surface area contributed by atoms with E-state index in [1.54, 1.807) is 35.3 Å². The molecule has 0 spiro atoms. The van der Waals surface area contributed by atoms with E-state index in [1.807, 2.05) is 6.07 Å². The molecule has 0 saturated heterocycles. The Kier molecular flexibility index (Phi) is 7.00. The second-order valence-electron chi connectivity index (χ2n) is 7.14. The molecule has 0 unspecified atom stereocenters. The van der Waals surface area contributed by atoms with Crippen LogP contribution in [-0.2, 0) is 26.6 Å². The number of aromatic nitrogens is 4. The molecule has 162 valence electrons. The molecule has 0 radical (unpaired) electrons. The Hall–Kier alpha value is -2.87. The molecule has 3 aromatic heterocycles.